The van der Waals surface area contributed by atoms with Gasteiger partial charge in [0.15, 0.2) is 0 Å². The van der Waals surface area contributed by atoms with E-state index in [-0.39, 0.29) is 11.8 Å². The number of hydrogen-bond donors (Lipinski definition) is 1. The van der Waals surface area contributed by atoms with Crippen LogP contribution in [0.5, 0.6) is 0 Å². The van der Waals surface area contributed by atoms with Crippen molar-refractivity contribution in [3.8, 4) is 11.8 Å². The minimum absolute atomic E-state index is 0.269. The summed E-state index contributed by atoms with van der Waals surface area (Å²) in [4.78, 5) is 25.8. The maximum absolute atomic E-state index is 12.3. The Labute approximate surface area is 123 Å². The number of fused-ring (bicyclic) bond motifs is 2. The number of ether oxygens (including phenoxy) is 1. The molecule has 0 radical (unpaired) electrons. The summed E-state index contributed by atoms with van der Waals surface area (Å²) in [6.07, 6.45) is 0.268. The zero-order valence-electron chi connectivity index (χ0n) is 11.8. The van der Waals surface area contributed by atoms with Crippen molar-refractivity contribution in [3.63, 3.8) is 0 Å². The zero-order chi connectivity index (χ0) is 15.0. The molecule has 5 heteroatoms. The number of carbonyl (C=O) groups excluding carboxylic acids is 2. The molecule has 1 aromatic carbocycles. The van der Waals surface area contributed by atoms with Crippen LogP contribution >= 0.6 is 0 Å². The van der Waals surface area contributed by atoms with Crippen LogP contribution in [0.4, 0.5) is 5.69 Å². The molecule has 2 aliphatic rings. The average molecular weight is 284 g/mol. The van der Waals surface area contributed by atoms with Crippen LogP contribution in [0.15, 0.2) is 18.2 Å². The molecule has 0 saturated carbocycles. The van der Waals surface area contributed by atoms with Gasteiger partial charge in [-0.2, -0.15) is 0 Å². The number of hydrogen-bond acceptors (Lipinski definition) is 4. The first-order chi connectivity index (χ1) is 10.1. The first-order valence-corrected chi connectivity index (χ1v) is 6.94. The summed E-state index contributed by atoms with van der Waals surface area (Å²) >= 11 is 0. The van der Waals surface area contributed by atoms with Crippen molar-refractivity contribution < 1.29 is 14.3 Å². The second kappa shape index (κ2) is 5.32. The molecule has 2 unspecified atom stereocenters. The molecular formula is C16H16N2O3. The molecule has 0 spiro atoms. The number of aryl methyl sites for hydroxylation is 1. The second-order valence-electron chi connectivity index (χ2n) is 5.21. The van der Waals surface area contributed by atoms with Gasteiger partial charge >= 0.3 is 0 Å². The van der Waals surface area contributed by atoms with E-state index in [1.165, 1.54) is 4.90 Å². The molecule has 1 aromatic rings. The van der Waals surface area contributed by atoms with Gasteiger partial charge in [0.25, 0.3) is 11.8 Å². The molecule has 5 nitrogen and oxygen atoms in total. The lowest BCUT2D eigenvalue weighted by molar-refractivity contribution is -0.146. The second-order valence-corrected chi connectivity index (χ2v) is 5.21. The molecule has 21 heavy (non-hydrogen) atoms. The van der Waals surface area contributed by atoms with Crippen LogP contribution in [-0.2, 0) is 14.3 Å². The minimum Gasteiger partial charge on any atom is -0.355 e. The molecule has 0 aromatic heterocycles. The Morgan fingerprint density at radius 2 is 1.95 bits per heavy atom. The standard InChI is InChI=1S/C16H16N2O3/c1-10-9-12(5-4-11(10)3-2-8-17)18-15(19)13-6-7-14(21-13)16(18)20/h4-5,9,13-14H,6-8,17H2,1H3. The highest BCUT2D eigenvalue weighted by atomic mass is 16.5. The van der Waals surface area contributed by atoms with E-state index in [1.807, 2.05) is 13.0 Å². The fraction of sp³-hybridized carbons (Fsp3) is 0.375. The van der Waals surface area contributed by atoms with Crippen molar-refractivity contribution >= 4 is 17.5 Å². The third-order valence-corrected chi connectivity index (χ3v) is 3.80. The summed E-state index contributed by atoms with van der Waals surface area (Å²) in [5.41, 5.74) is 7.70. The van der Waals surface area contributed by atoms with Gasteiger partial charge in [-0.3, -0.25) is 9.59 Å². The number of anilines is 1. The Morgan fingerprint density at radius 1 is 1.29 bits per heavy atom. The first kappa shape index (κ1) is 13.8. The maximum atomic E-state index is 12.3. The Kier molecular flexibility index (Phi) is 3.50. The van der Waals surface area contributed by atoms with Crippen molar-refractivity contribution in [1.29, 1.82) is 0 Å². The number of amides is 2. The summed E-state index contributed by atoms with van der Waals surface area (Å²) in [7, 11) is 0. The molecule has 0 aliphatic carbocycles. The molecule has 2 heterocycles. The Balaban J connectivity index is 1.95. The van der Waals surface area contributed by atoms with E-state index in [9.17, 15) is 9.59 Å². The molecule has 2 bridgehead atoms. The van der Waals surface area contributed by atoms with Crippen molar-refractivity contribution in [1.82, 2.24) is 0 Å². The summed E-state index contributed by atoms with van der Waals surface area (Å²) in [5.74, 6) is 5.22. The van der Waals surface area contributed by atoms with Crippen LogP contribution in [0.3, 0.4) is 0 Å². The van der Waals surface area contributed by atoms with E-state index in [0.29, 0.717) is 25.1 Å². The highest BCUT2D eigenvalue weighted by Gasteiger charge is 2.47. The number of morpholine rings is 1. The van der Waals surface area contributed by atoms with Crippen LogP contribution in [0.25, 0.3) is 0 Å². The van der Waals surface area contributed by atoms with E-state index in [4.69, 9.17) is 10.5 Å². The van der Waals surface area contributed by atoms with E-state index in [2.05, 4.69) is 11.8 Å². The van der Waals surface area contributed by atoms with Crippen molar-refractivity contribution in [2.75, 3.05) is 11.4 Å². The number of nitrogens with two attached hydrogens (primary N) is 1. The van der Waals surface area contributed by atoms with Gasteiger partial charge in [-0.1, -0.05) is 11.8 Å². The number of nitrogens with zero attached hydrogens (tertiary/aromatic N) is 1. The molecule has 2 saturated heterocycles. The predicted molar refractivity (Wildman–Crippen MR) is 77.5 cm³/mol. The average Bonchev–Trinajstić information content (AvgIpc) is 2.92. The van der Waals surface area contributed by atoms with Crippen LogP contribution in [0, 0.1) is 18.8 Å². The van der Waals surface area contributed by atoms with Gasteiger partial charge < -0.3 is 10.5 Å². The van der Waals surface area contributed by atoms with E-state index < -0.39 is 12.2 Å². The fourth-order valence-electron chi connectivity index (χ4n) is 2.72. The summed E-state index contributed by atoms with van der Waals surface area (Å²) in [6.45, 7) is 2.19. The van der Waals surface area contributed by atoms with Gasteiger partial charge in [-0.25, -0.2) is 4.90 Å². The van der Waals surface area contributed by atoms with Gasteiger partial charge in [0.05, 0.1) is 12.2 Å². The SMILES string of the molecule is Cc1cc(N2C(=O)C3CCC(O3)C2=O)ccc1C#CCN. The zero-order valence-corrected chi connectivity index (χ0v) is 11.8. The Bertz CT molecular complexity index is 650. The lowest BCUT2D eigenvalue weighted by atomic mass is 10.1. The molecule has 108 valence electrons. The quantitative estimate of drug-likeness (QED) is 0.609. The number of imide groups is 1. The summed E-state index contributed by atoms with van der Waals surface area (Å²) in [6, 6.07) is 5.36. The van der Waals surface area contributed by atoms with Crippen LogP contribution in [0.1, 0.15) is 24.0 Å². The molecule has 2 atom stereocenters. The van der Waals surface area contributed by atoms with Gasteiger partial charge in [-0.05, 0) is 43.5 Å². The van der Waals surface area contributed by atoms with Crippen LogP contribution in [0.2, 0.25) is 0 Å². The van der Waals surface area contributed by atoms with Gasteiger partial charge in [-0.15, -0.1) is 0 Å². The van der Waals surface area contributed by atoms with E-state index in [1.54, 1.807) is 12.1 Å². The van der Waals surface area contributed by atoms with Crippen molar-refractivity contribution in [2.24, 2.45) is 5.73 Å². The van der Waals surface area contributed by atoms with Crippen molar-refractivity contribution in [3.05, 3.63) is 29.3 Å². The monoisotopic (exact) mass is 284 g/mol. The summed E-state index contributed by atoms with van der Waals surface area (Å²) in [5, 5.41) is 0. The Morgan fingerprint density at radius 3 is 2.52 bits per heavy atom. The number of rotatable bonds is 1. The van der Waals surface area contributed by atoms with Crippen LogP contribution in [-0.4, -0.2) is 30.6 Å². The van der Waals surface area contributed by atoms with Gasteiger partial charge in [0, 0.05) is 5.56 Å². The van der Waals surface area contributed by atoms with Gasteiger partial charge in [0.2, 0.25) is 0 Å². The first-order valence-electron chi connectivity index (χ1n) is 6.94. The number of benzene rings is 1. The van der Waals surface area contributed by atoms with Crippen LogP contribution < -0.4 is 10.6 Å². The molecule has 2 fully saturated rings. The molecule has 2 aliphatic heterocycles. The highest BCUT2D eigenvalue weighted by molar-refractivity contribution is 6.19. The molecular weight excluding hydrogens is 268 g/mol. The van der Waals surface area contributed by atoms with Gasteiger partial charge in [0.1, 0.15) is 12.2 Å². The fourth-order valence-corrected chi connectivity index (χ4v) is 2.72. The molecule has 3 rings (SSSR count). The highest BCUT2D eigenvalue weighted by Crippen LogP contribution is 2.32. The maximum Gasteiger partial charge on any atom is 0.262 e. The third kappa shape index (κ3) is 2.33. The number of carbonyl (C=O) groups is 2. The topological polar surface area (TPSA) is 72.6 Å². The van der Waals surface area contributed by atoms with Crippen molar-refractivity contribution in [2.45, 2.75) is 32.0 Å². The minimum atomic E-state index is -0.482. The predicted octanol–water partition coefficient (Wildman–Crippen LogP) is 0.726. The molecule has 2 amide bonds. The largest absolute Gasteiger partial charge is 0.355 e. The van der Waals surface area contributed by atoms with E-state index in [0.717, 1.165) is 11.1 Å². The lowest BCUT2D eigenvalue weighted by Gasteiger charge is -2.30. The van der Waals surface area contributed by atoms with E-state index >= 15 is 0 Å². The lowest BCUT2D eigenvalue weighted by Crippen LogP contribution is -2.52. The third-order valence-electron chi connectivity index (χ3n) is 3.80. The Hall–Kier alpha value is -2.16. The smallest absolute Gasteiger partial charge is 0.262 e. The summed E-state index contributed by atoms with van der Waals surface area (Å²) < 4.78 is 5.40. The normalized spacial score (nSPS) is 24.0. The molecule has 2 N–H and O–H groups in total.